The molecule has 0 heterocycles. The third kappa shape index (κ3) is 4.28. The second kappa shape index (κ2) is 6.51. The lowest BCUT2D eigenvalue weighted by molar-refractivity contribution is -0.384. The van der Waals surface area contributed by atoms with Crippen LogP contribution < -0.4 is 5.32 Å². The monoisotopic (exact) mass is 298 g/mol. The number of nitro groups is 1. The van der Waals surface area contributed by atoms with Crippen LogP contribution >= 0.6 is 15.9 Å². The molecule has 0 aliphatic carbocycles. The maximum Gasteiger partial charge on any atom is 0.270 e. The summed E-state index contributed by atoms with van der Waals surface area (Å²) in [6.45, 7) is 6.42. The molecule has 92 valence electrons. The Morgan fingerprint density at radius 1 is 1.65 bits per heavy atom. The number of nitro benzene ring substituents is 1. The summed E-state index contributed by atoms with van der Waals surface area (Å²) in [6, 6.07) is 5.14. The van der Waals surface area contributed by atoms with Gasteiger partial charge in [0.2, 0.25) is 0 Å². The van der Waals surface area contributed by atoms with Crippen molar-refractivity contribution >= 4 is 21.6 Å². The molecule has 1 aromatic rings. The first-order valence-corrected chi connectivity index (χ1v) is 6.11. The first kappa shape index (κ1) is 13.9. The van der Waals surface area contributed by atoms with E-state index in [1.807, 2.05) is 6.08 Å². The van der Waals surface area contributed by atoms with Crippen molar-refractivity contribution in [2.24, 2.45) is 0 Å². The van der Waals surface area contributed by atoms with Gasteiger partial charge < -0.3 is 5.32 Å². The maximum absolute atomic E-state index is 10.6. The number of rotatable bonds is 6. The fourth-order valence-electron chi connectivity index (χ4n) is 1.41. The molecule has 0 bridgehead atoms. The van der Waals surface area contributed by atoms with Crippen LogP contribution in [0.25, 0.3) is 0 Å². The number of hydrogen-bond acceptors (Lipinski definition) is 3. The van der Waals surface area contributed by atoms with E-state index in [1.54, 1.807) is 6.07 Å². The molecule has 5 heteroatoms. The van der Waals surface area contributed by atoms with Crippen molar-refractivity contribution in [1.82, 2.24) is 5.32 Å². The predicted molar refractivity (Wildman–Crippen MR) is 71.9 cm³/mol. The molecule has 1 N–H and O–H groups in total. The lowest BCUT2D eigenvalue weighted by atomic mass is 10.2. The van der Waals surface area contributed by atoms with E-state index in [4.69, 9.17) is 0 Å². The SMILES string of the molecule is C=CCC(C)NCc1ccc([N+](=O)[O-])cc1Br. The first-order chi connectivity index (χ1) is 8.04. The number of halogens is 1. The smallest absolute Gasteiger partial charge is 0.270 e. The van der Waals surface area contributed by atoms with Crippen molar-refractivity contribution in [3.63, 3.8) is 0 Å². The second-order valence-electron chi connectivity index (χ2n) is 3.84. The zero-order valence-electron chi connectivity index (χ0n) is 9.65. The Hall–Kier alpha value is -1.20. The Morgan fingerprint density at radius 3 is 2.88 bits per heavy atom. The molecule has 1 atom stereocenters. The summed E-state index contributed by atoms with van der Waals surface area (Å²) in [5.74, 6) is 0. The van der Waals surface area contributed by atoms with Crippen LogP contribution in [0.15, 0.2) is 35.3 Å². The van der Waals surface area contributed by atoms with E-state index in [1.165, 1.54) is 12.1 Å². The largest absolute Gasteiger partial charge is 0.310 e. The van der Waals surface area contributed by atoms with Gasteiger partial charge in [-0.1, -0.05) is 22.0 Å². The Labute approximate surface area is 109 Å². The highest BCUT2D eigenvalue weighted by atomic mass is 79.9. The molecule has 4 nitrogen and oxygen atoms in total. The van der Waals surface area contributed by atoms with Gasteiger partial charge in [0.1, 0.15) is 0 Å². The summed E-state index contributed by atoms with van der Waals surface area (Å²) < 4.78 is 0.755. The summed E-state index contributed by atoms with van der Waals surface area (Å²) in [4.78, 5) is 10.2. The normalized spacial score (nSPS) is 12.1. The number of hydrogen-bond donors (Lipinski definition) is 1. The fourth-order valence-corrected chi connectivity index (χ4v) is 1.92. The van der Waals surface area contributed by atoms with Gasteiger partial charge in [0.25, 0.3) is 5.69 Å². The molecule has 1 aromatic carbocycles. The van der Waals surface area contributed by atoms with Gasteiger partial charge in [0, 0.05) is 29.2 Å². The maximum atomic E-state index is 10.6. The molecule has 1 rings (SSSR count). The Kier molecular flexibility index (Phi) is 5.31. The molecular weight excluding hydrogens is 284 g/mol. The molecule has 0 aliphatic heterocycles. The van der Waals surface area contributed by atoms with E-state index >= 15 is 0 Å². The standard InChI is InChI=1S/C12H15BrN2O2/c1-3-4-9(2)14-8-10-5-6-11(15(16)17)7-12(10)13/h3,5-7,9,14H,1,4,8H2,2H3. The number of nitrogens with zero attached hydrogens (tertiary/aromatic N) is 1. The van der Waals surface area contributed by atoms with Gasteiger partial charge in [-0.2, -0.15) is 0 Å². The van der Waals surface area contributed by atoms with Crippen molar-refractivity contribution < 1.29 is 4.92 Å². The molecule has 0 saturated carbocycles. The van der Waals surface area contributed by atoms with Crippen LogP contribution in [0.2, 0.25) is 0 Å². The minimum atomic E-state index is -0.400. The first-order valence-electron chi connectivity index (χ1n) is 5.31. The van der Waals surface area contributed by atoms with Crippen LogP contribution in [0.5, 0.6) is 0 Å². The molecule has 0 aliphatic rings. The topological polar surface area (TPSA) is 55.2 Å². The zero-order chi connectivity index (χ0) is 12.8. The van der Waals surface area contributed by atoms with Crippen LogP contribution in [-0.2, 0) is 6.54 Å². The summed E-state index contributed by atoms with van der Waals surface area (Å²) in [7, 11) is 0. The van der Waals surface area contributed by atoms with Crippen LogP contribution in [0.3, 0.4) is 0 Å². The lowest BCUT2D eigenvalue weighted by Gasteiger charge is -2.12. The van der Waals surface area contributed by atoms with Crippen molar-refractivity contribution in [3.05, 3.63) is 51.0 Å². The highest BCUT2D eigenvalue weighted by molar-refractivity contribution is 9.10. The molecule has 1 unspecified atom stereocenters. The van der Waals surface area contributed by atoms with Crippen LogP contribution in [0.1, 0.15) is 18.9 Å². The summed E-state index contributed by atoms with van der Waals surface area (Å²) in [6.07, 6.45) is 2.76. The van der Waals surface area contributed by atoms with Crippen molar-refractivity contribution in [2.75, 3.05) is 0 Å². The quantitative estimate of drug-likeness (QED) is 0.497. The van der Waals surface area contributed by atoms with Crippen LogP contribution in [0, 0.1) is 10.1 Å². The molecule has 0 amide bonds. The number of nitrogens with one attached hydrogen (secondary N) is 1. The summed E-state index contributed by atoms with van der Waals surface area (Å²) >= 11 is 3.34. The predicted octanol–water partition coefficient (Wildman–Crippen LogP) is 3.41. The van der Waals surface area contributed by atoms with Gasteiger partial charge in [0.15, 0.2) is 0 Å². The number of non-ortho nitro benzene ring substituents is 1. The van der Waals surface area contributed by atoms with Gasteiger partial charge in [0.05, 0.1) is 4.92 Å². The van der Waals surface area contributed by atoms with Crippen molar-refractivity contribution in [1.29, 1.82) is 0 Å². The molecule has 0 fully saturated rings. The summed E-state index contributed by atoms with van der Waals surface area (Å²) in [5.41, 5.74) is 1.10. The number of benzene rings is 1. The van der Waals surface area contributed by atoms with Gasteiger partial charge in [-0.15, -0.1) is 6.58 Å². The third-order valence-corrected chi connectivity index (χ3v) is 3.15. The molecule has 0 saturated heterocycles. The third-order valence-electron chi connectivity index (χ3n) is 2.41. The average Bonchev–Trinajstić information content (AvgIpc) is 2.27. The molecular formula is C12H15BrN2O2. The van der Waals surface area contributed by atoms with Crippen molar-refractivity contribution in [2.45, 2.75) is 25.9 Å². The van der Waals surface area contributed by atoms with Crippen molar-refractivity contribution in [3.8, 4) is 0 Å². The van der Waals surface area contributed by atoms with Gasteiger partial charge in [-0.25, -0.2) is 0 Å². The minimum absolute atomic E-state index is 0.0970. The zero-order valence-corrected chi connectivity index (χ0v) is 11.2. The van der Waals surface area contributed by atoms with E-state index in [0.717, 1.165) is 16.5 Å². The van der Waals surface area contributed by atoms with E-state index < -0.39 is 4.92 Å². The van der Waals surface area contributed by atoms with Crippen LogP contribution in [0.4, 0.5) is 5.69 Å². The Morgan fingerprint density at radius 2 is 2.35 bits per heavy atom. The van der Waals surface area contributed by atoms with Gasteiger partial charge >= 0.3 is 0 Å². The highest BCUT2D eigenvalue weighted by Crippen LogP contribution is 2.22. The van der Waals surface area contributed by atoms with E-state index in [-0.39, 0.29) is 5.69 Å². The van der Waals surface area contributed by atoms with E-state index in [9.17, 15) is 10.1 Å². The van der Waals surface area contributed by atoms with E-state index in [2.05, 4.69) is 34.7 Å². The second-order valence-corrected chi connectivity index (χ2v) is 4.69. The minimum Gasteiger partial charge on any atom is -0.310 e. The van der Waals surface area contributed by atoms with Crippen LogP contribution in [-0.4, -0.2) is 11.0 Å². The lowest BCUT2D eigenvalue weighted by Crippen LogP contribution is -2.24. The van der Waals surface area contributed by atoms with E-state index in [0.29, 0.717) is 12.6 Å². The molecule has 17 heavy (non-hydrogen) atoms. The van der Waals surface area contributed by atoms with Gasteiger partial charge in [-0.05, 0) is 25.0 Å². The fraction of sp³-hybridized carbons (Fsp3) is 0.333. The average molecular weight is 299 g/mol. The Bertz CT molecular complexity index is 421. The summed E-state index contributed by atoms with van der Waals surface area (Å²) in [5, 5.41) is 13.9. The molecule has 0 spiro atoms. The van der Waals surface area contributed by atoms with Gasteiger partial charge in [-0.3, -0.25) is 10.1 Å². The Balaban J connectivity index is 2.66. The highest BCUT2D eigenvalue weighted by Gasteiger charge is 2.09. The molecule has 0 radical (unpaired) electrons. The molecule has 0 aromatic heterocycles.